The molecule has 3 aromatic rings. The SMILES string of the molecule is COc1ccc(CN2CCC[C@H](Cn3nnc(-c4cccnc4)n3)C2)c(OC)c1. The largest absolute Gasteiger partial charge is 0.497 e. The second kappa shape index (κ2) is 9.00. The quantitative estimate of drug-likeness (QED) is 0.610. The van der Waals surface area contributed by atoms with Gasteiger partial charge in [-0.2, -0.15) is 4.80 Å². The Bertz CT molecular complexity index is 930. The third-order valence-electron chi connectivity index (χ3n) is 5.29. The Morgan fingerprint density at radius 3 is 2.90 bits per heavy atom. The number of likely N-dealkylation sites (tertiary alicyclic amines) is 1. The molecule has 3 heterocycles. The van der Waals surface area contributed by atoms with Gasteiger partial charge in [0.25, 0.3) is 0 Å². The van der Waals surface area contributed by atoms with Crippen molar-refractivity contribution < 1.29 is 9.47 Å². The van der Waals surface area contributed by atoms with Crippen LogP contribution in [0.3, 0.4) is 0 Å². The van der Waals surface area contributed by atoms with Crippen molar-refractivity contribution in [2.24, 2.45) is 5.92 Å². The summed E-state index contributed by atoms with van der Waals surface area (Å²) in [5, 5.41) is 12.9. The Hall–Kier alpha value is -3.00. The molecule has 4 rings (SSSR count). The first-order valence-electron chi connectivity index (χ1n) is 9.86. The van der Waals surface area contributed by atoms with Crippen LogP contribution in [-0.2, 0) is 13.1 Å². The summed E-state index contributed by atoms with van der Waals surface area (Å²) in [6.45, 7) is 3.70. The van der Waals surface area contributed by atoms with Gasteiger partial charge in [0, 0.05) is 42.7 Å². The number of nitrogens with zero attached hydrogens (tertiary/aromatic N) is 6. The minimum atomic E-state index is 0.490. The number of aromatic nitrogens is 5. The van der Waals surface area contributed by atoms with Gasteiger partial charge in [-0.15, -0.1) is 10.2 Å². The summed E-state index contributed by atoms with van der Waals surface area (Å²) in [4.78, 5) is 8.30. The van der Waals surface area contributed by atoms with E-state index in [1.165, 1.54) is 12.0 Å². The predicted molar refractivity (Wildman–Crippen MR) is 109 cm³/mol. The standard InChI is InChI=1S/C21H26N6O2/c1-28-19-8-7-18(20(11-19)29-2)15-26-10-4-5-16(13-26)14-27-24-21(23-25-27)17-6-3-9-22-12-17/h3,6-9,11-12,16H,4-5,10,13-15H2,1-2H3/t16-/m0/s1. The number of tetrazole rings is 1. The number of piperidine rings is 1. The fourth-order valence-electron chi connectivity index (χ4n) is 3.83. The topological polar surface area (TPSA) is 78.2 Å². The van der Waals surface area contributed by atoms with Crippen LogP contribution >= 0.6 is 0 Å². The van der Waals surface area contributed by atoms with E-state index in [9.17, 15) is 0 Å². The van der Waals surface area contributed by atoms with Crippen LogP contribution in [0, 0.1) is 5.92 Å². The van der Waals surface area contributed by atoms with E-state index in [4.69, 9.17) is 9.47 Å². The van der Waals surface area contributed by atoms with Crippen LogP contribution in [0.25, 0.3) is 11.4 Å². The first kappa shape index (κ1) is 19.3. The fourth-order valence-corrected chi connectivity index (χ4v) is 3.83. The van der Waals surface area contributed by atoms with Crippen molar-refractivity contribution in [1.82, 2.24) is 30.1 Å². The number of benzene rings is 1. The molecule has 0 spiro atoms. The van der Waals surface area contributed by atoms with Gasteiger partial charge in [-0.05, 0) is 48.7 Å². The van der Waals surface area contributed by atoms with Gasteiger partial charge >= 0.3 is 0 Å². The molecule has 0 radical (unpaired) electrons. The summed E-state index contributed by atoms with van der Waals surface area (Å²) < 4.78 is 10.9. The molecule has 8 nitrogen and oxygen atoms in total. The van der Waals surface area contributed by atoms with Crippen molar-refractivity contribution in [2.45, 2.75) is 25.9 Å². The highest BCUT2D eigenvalue weighted by molar-refractivity contribution is 5.51. The van der Waals surface area contributed by atoms with Crippen molar-refractivity contribution in [3.05, 3.63) is 48.3 Å². The van der Waals surface area contributed by atoms with Crippen LogP contribution in [0.2, 0.25) is 0 Å². The highest BCUT2D eigenvalue weighted by Gasteiger charge is 2.22. The van der Waals surface area contributed by atoms with Crippen molar-refractivity contribution in [3.8, 4) is 22.9 Å². The monoisotopic (exact) mass is 394 g/mol. The lowest BCUT2D eigenvalue weighted by atomic mass is 9.97. The molecule has 0 saturated carbocycles. The maximum atomic E-state index is 5.55. The summed E-state index contributed by atoms with van der Waals surface area (Å²) in [6.07, 6.45) is 5.82. The van der Waals surface area contributed by atoms with E-state index >= 15 is 0 Å². The predicted octanol–water partition coefficient (Wildman–Crippen LogP) is 2.66. The van der Waals surface area contributed by atoms with Crippen molar-refractivity contribution in [1.29, 1.82) is 0 Å². The third kappa shape index (κ3) is 4.71. The molecule has 152 valence electrons. The Balaban J connectivity index is 1.38. The summed E-state index contributed by atoms with van der Waals surface area (Å²) >= 11 is 0. The Morgan fingerprint density at radius 1 is 1.17 bits per heavy atom. The lowest BCUT2D eigenvalue weighted by Gasteiger charge is -2.32. The van der Waals surface area contributed by atoms with Crippen LogP contribution < -0.4 is 9.47 Å². The number of hydrogen-bond donors (Lipinski definition) is 0. The van der Waals surface area contributed by atoms with E-state index in [1.807, 2.05) is 24.3 Å². The lowest BCUT2D eigenvalue weighted by Crippen LogP contribution is -2.37. The van der Waals surface area contributed by atoms with Gasteiger partial charge in [0.1, 0.15) is 11.5 Å². The van der Waals surface area contributed by atoms with Crippen molar-refractivity contribution >= 4 is 0 Å². The Morgan fingerprint density at radius 2 is 2.10 bits per heavy atom. The Kier molecular flexibility index (Phi) is 6.00. The smallest absolute Gasteiger partial charge is 0.206 e. The van der Waals surface area contributed by atoms with E-state index in [0.717, 1.165) is 49.7 Å². The minimum absolute atomic E-state index is 0.490. The molecule has 0 bridgehead atoms. The molecule has 0 amide bonds. The van der Waals surface area contributed by atoms with Crippen LogP contribution in [0.1, 0.15) is 18.4 Å². The van der Waals surface area contributed by atoms with Gasteiger partial charge < -0.3 is 9.47 Å². The molecule has 1 aromatic carbocycles. The van der Waals surface area contributed by atoms with Crippen LogP contribution in [-0.4, -0.2) is 57.4 Å². The van der Waals surface area contributed by atoms with Gasteiger partial charge in [-0.1, -0.05) is 6.07 Å². The van der Waals surface area contributed by atoms with Crippen LogP contribution in [0.4, 0.5) is 0 Å². The lowest BCUT2D eigenvalue weighted by molar-refractivity contribution is 0.148. The summed E-state index contributed by atoms with van der Waals surface area (Å²) in [5.41, 5.74) is 2.06. The van der Waals surface area contributed by atoms with Crippen LogP contribution in [0.5, 0.6) is 11.5 Å². The van der Waals surface area contributed by atoms with Crippen molar-refractivity contribution in [3.63, 3.8) is 0 Å². The molecule has 8 heteroatoms. The van der Waals surface area contributed by atoms with Gasteiger partial charge in [0.15, 0.2) is 0 Å². The minimum Gasteiger partial charge on any atom is -0.497 e. The molecule has 1 aliphatic heterocycles. The first-order chi connectivity index (χ1) is 14.2. The summed E-state index contributed by atoms with van der Waals surface area (Å²) in [5.74, 6) is 2.78. The molecule has 1 atom stereocenters. The number of methoxy groups -OCH3 is 2. The molecular weight excluding hydrogens is 368 g/mol. The Labute approximate surface area is 170 Å². The molecule has 0 unspecified atom stereocenters. The average Bonchev–Trinajstić information content (AvgIpc) is 3.23. The number of rotatable bonds is 7. The molecule has 0 N–H and O–H groups in total. The molecule has 1 fully saturated rings. The van der Waals surface area contributed by atoms with E-state index in [0.29, 0.717) is 11.7 Å². The van der Waals surface area contributed by atoms with Gasteiger partial charge in [0.2, 0.25) is 5.82 Å². The summed E-state index contributed by atoms with van der Waals surface area (Å²) in [6, 6.07) is 9.83. The molecule has 1 saturated heterocycles. The van der Waals surface area contributed by atoms with Crippen molar-refractivity contribution in [2.75, 3.05) is 27.3 Å². The van der Waals surface area contributed by atoms with E-state index in [2.05, 4.69) is 31.4 Å². The van der Waals surface area contributed by atoms with Gasteiger partial charge in [-0.3, -0.25) is 9.88 Å². The molecular formula is C21H26N6O2. The molecule has 1 aliphatic rings. The normalized spacial score (nSPS) is 17.2. The average molecular weight is 394 g/mol. The first-order valence-corrected chi connectivity index (χ1v) is 9.86. The van der Waals surface area contributed by atoms with Gasteiger partial charge in [0.05, 0.1) is 20.8 Å². The molecule has 0 aliphatic carbocycles. The van der Waals surface area contributed by atoms with Gasteiger partial charge in [-0.25, -0.2) is 0 Å². The highest BCUT2D eigenvalue weighted by atomic mass is 16.5. The number of hydrogen-bond acceptors (Lipinski definition) is 7. The van der Waals surface area contributed by atoms with E-state index in [1.54, 1.807) is 31.4 Å². The van der Waals surface area contributed by atoms with E-state index < -0.39 is 0 Å². The third-order valence-corrected chi connectivity index (χ3v) is 5.29. The zero-order chi connectivity index (χ0) is 20.1. The maximum Gasteiger partial charge on any atom is 0.206 e. The zero-order valence-electron chi connectivity index (χ0n) is 16.9. The highest BCUT2D eigenvalue weighted by Crippen LogP contribution is 2.27. The number of ether oxygens (including phenoxy) is 2. The van der Waals surface area contributed by atoms with Crippen LogP contribution in [0.15, 0.2) is 42.7 Å². The van der Waals surface area contributed by atoms with E-state index in [-0.39, 0.29) is 0 Å². The zero-order valence-corrected chi connectivity index (χ0v) is 16.9. The number of pyridine rings is 1. The second-order valence-electron chi connectivity index (χ2n) is 7.33. The maximum absolute atomic E-state index is 5.55. The fraction of sp³-hybridized carbons (Fsp3) is 0.429. The molecule has 2 aromatic heterocycles. The second-order valence-corrected chi connectivity index (χ2v) is 7.33. The molecule has 29 heavy (non-hydrogen) atoms. The summed E-state index contributed by atoms with van der Waals surface area (Å²) in [7, 11) is 3.37.